The van der Waals surface area contributed by atoms with Gasteiger partial charge in [-0.25, -0.2) is 0 Å². The van der Waals surface area contributed by atoms with Crippen LogP contribution in [0, 0.1) is 5.92 Å². The second-order valence-corrected chi connectivity index (χ2v) is 6.83. The second kappa shape index (κ2) is 8.14. The zero-order valence-electron chi connectivity index (χ0n) is 14.4. The van der Waals surface area contributed by atoms with E-state index in [0.717, 1.165) is 18.5 Å². The van der Waals surface area contributed by atoms with Crippen molar-refractivity contribution >= 4 is 23.4 Å². The number of nitrogens with zero attached hydrogens (tertiary/aromatic N) is 1. The van der Waals surface area contributed by atoms with Gasteiger partial charge in [0.25, 0.3) is 0 Å². The molecule has 134 valence electrons. The van der Waals surface area contributed by atoms with Crippen LogP contribution in [0.5, 0.6) is 0 Å². The molecule has 3 rings (SSSR count). The van der Waals surface area contributed by atoms with E-state index in [0.29, 0.717) is 19.1 Å². The van der Waals surface area contributed by atoms with Crippen molar-refractivity contribution in [1.82, 2.24) is 10.6 Å². The molecular formula is C19H25N3O3. The molecule has 2 N–H and O–H groups in total. The van der Waals surface area contributed by atoms with E-state index < -0.39 is 0 Å². The van der Waals surface area contributed by atoms with Crippen LogP contribution >= 0.6 is 0 Å². The maximum atomic E-state index is 12.3. The van der Waals surface area contributed by atoms with E-state index in [1.54, 1.807) is 4.90 Å². The van der Waals surface area contributed by atoms with Crippen LogP contribution in [0.3, 0.4) is 0 Å². The number of carbonyl (C=O) groups excluding carboxylic acids is 3. The molecule has 1 aliphatic heterocycles. The Morgan fingerprint density at radius 1 is 1.12 bits per heavy atom. The molecular weight excluding hydrogens is 318 g/mol. The average molecular weight is 343 g/mol. The summed E-state index contributed by atoms with van der Waals surface area (Å²) < 4.78 is 0. The van der Waals surface area contributed by atoms with Gasteiger partial charge < -0.3 is 15.5 Å². The fourth-order valence-corrected chi connectivity index (χ4v) is 3.55. The summed E-state index contributed by atoms with van der Waals surface area (Å²) in [6, 6.07) is 9.68. The molecule has 1 saturated heterocycles. The van der Waals surface area contributed by atoms with Gasteiger partial charge in [-0.3, -0.25) is 14.4 Å². The van der Waals surface area contributed by atoms with Crippen LogP contribution in [0.15, 0.2) is 30.3 Å². The highest BCUT2D eigenvalue weighted by molar-refractivity contribution is 6.00. The van der Waals surface area contributed by atoms with Gasteiger partial charge in [-0.1, -0.05) is 31.0 Å². The minimum absolute atomic E-state index is 0.0133. The summed E-state index contributed by atoms with van der Waals surface area (Å²) >= 11 is 0. The number of para-hydroxylation sites is 1. The van der Waals surface area contributed by atoms with E-state index in [4.69, 9.17) is 0 Å². The smallest absolute Gasteiger partial charge is 0.227 e. The van der Waals surface area contributed by atoms with Crippen molar-refractivity contribution in [3.8, 4) is 0 Å². The fraction of sp³-hybridized carbons (Fsp3) is 0.526. The summed E-state index contributed by atoms with van der Waals surface area (Å²) in [4.78, 5) is 37.9. The fourth-order valence-electron chi connectivity index (χ4n) is 3.55. The second-order valence-electron chi connectivity index (χ2n) is 6.83. The Hall–Kier alpha value is -2.37. The third kappa shape index (κ3) is 4.59. The predicted molar refractivity (Wildman–Crippen MR) is 94.9 cm³/mol. The third-order valence-corrected chi connectivity index (χ3v) is 4.94. The molecule has 6 heteroatoms. The molecule has 0 radical (unpaired) electrons. The highest BCUT2D eigenvalue weighted by atomic mass is 16.2. The summed E-state index contributed by atoms with van der Waals surface area (Å²) in [6.45, 7) is 0.705. The first-order valence-corrected chi connectivity index (χ1v) is 9.06. The van der Waals surface area contributed by atoms with Gasteiger partial charge in [-0.2, -0.15) is 0 Å². The van der Waals surface area contributed by atoms with E-state index in [9.17, 15) is 14.4 Å². The summed E-state index contributed by atoms with van der Waals surface area (Å²) in [5.74, 6) is -0.558. The normalized spacial score (nSPS) is 20.7. The van der Waals surface area contributed by atoms with Crippen LogP contribution in [0.4, 0.5) is 5.69 Å². The minimum Gasteiger partial charge on any atom is -0.355 e. The van der Waals surface area contributed by atoms with Crippen molar-refractivity contribution in [2.24, 2.45) is 5.92 Å². The summed E-state index contributed by atoms with van der Waals surface area (Å²) in [5, 5.41) is 5.80. The Bertz CT molecular complexity index is 626. The first-order valence-electron chi connectivity index (χ1n) is 9.06. The summed E-state index contributed by atoms with van der Waals surface area (Å²) in [7, 11) is 0. The van der Waals surface area contributed by atoms with E-state index in [1.165, 1.54) is 12.8 Å². The Labute approximate surface area is 148 Å². The van der Waals surface area contributed by atoms with E-state index >= 15 is 0 Å². The topological polar surface area (TPSA) is 78.5 Å². The molecule has 1 aromatic rings. The van der Waals surface area contributed by atoms with E-state index in [-0.39, 0.29) is 36.5 Å². The van der Waals surface area contributed by atoms with Crippen molar-refractivity contribution in [1.29, 1.82) is 0 Å². The van der Waals surface area contributed by atoms with Crippen LogP contribution in [0.2, 0.25) is 0 Å². The lowest BCUT2D eigenvalue weighted by Crippen LogP contribution is -2.37. The molecule has 3 amide bonds. The first kappa shape index (κ1) is 17.5. The Morgan fingerprint density at radius 2 is 1.84 bits per heavy atom. The van der Waals surface area contributed by atoms with Crippen molar-refractivity contribution < 1.29 is 14.4 Å². The number of anilines is 1. The SMILES string of the molecule is O=C(CCNC(=O)C1CC(=O)N(c2ccccc2)C1)NC1CCCC1. The molecule has 1 aromatic carbocycles. The Balaban J connectivity index is 1.41. The van der Waals surface area contributed by atoms with Crippen LogP contribution in [0.1, 0.15) is 38.5 Å². The van der Waals surface area contributed by atoms with Gasteiger partial charge in [0.05, 0.1) is 5.92 Å². The number of amides is 3. The van der Waals surface area contributed by atoms with Crippen LogP contribution in [0.25, 0.3) is 0 Å². The molecule has 2 fully saturated rings. The predicted octanol–water partition coefficient (Wildman–Crippen LogP) is 1.60. The number of hydrogen-bond acceptors (Lipinski definition) is 3. The molecule has 1 heterocycles. The van der Waals surface area contributed by atoms with Gasteiger partial charge in [0.1, 0.15) is 0 Å². The zero-order valence-corrected chi connectivity index (χ0v) is 14.4. The number of benzene rings is 1. The number of hydrogen-bond donors (Lipinski definition) is 2. The number of nitrogens with one attached hydrogen (secondary N) is 2. The Kier molecular flexibility index (Phi) is 5.68. The molecule has 1 unspecified atom stereocenters. The minimum atomic E-state index is -0.356. The van der Waals surface area contributed by atoms with Crippen molar-refractivity contribution in [2.75, 3.05) is 18.0 Å². The molecule has 1 aliphatic carbocycles. The maximum absolute atomic E-state index is 12.3. The Morgan fingerprint density at radius 3 is 2.56 bits per heavy atom. The first-order chi connectivity index (χ1) is 12.1. The van der Waals surface area contributed by atoms with Crippen molar-refractivity contribution in [2.45, 2.75) is 44.6 Å². The van der Waals surface area contributed by atoms with Gasteiger partial charge in [0.15, 0.2) is 0 Å². The zero-order chi connectivity index (χ0) is 17.6. The van der Waals surface area contributed by atoms with Crippen LogP contribution in [-0.4, -0.2) is 36.9 Å². The van der Waals surface area contributed by atoms with Gasteiger partial charge >= 0.3 is 0 Å². The molecule has 0 spiro atoms. The van der Waals surface area contributed by atoms with Crippen molar-refractivity contribution in [3.05, 3.63) is 30.3 Å². The van der Waals surface area contributed by atoms with E-state index in [1.807, 2.05) is 30.3 Å². The number of rotatable bonds is 6. The standard InChI is InChI=1S/C19H25N3O3/c23-17(21-15-6-4-5-7-15)10-11-20-19(25)14-12-18(24)22(13-14)16-8-2-1-3-9-16/h1-3,8-9,14-15H,4-7,10-13H2,(H,20,25)(H,21,23). The van der Waals surface area contributed by atoms with Gasteiger partial charge in [0, 0.05) is 37.7 Å². The van der Waals surface area contributed by atoms with Gasteiger partial charge in [-0.05, 0) is 25.0 Å². The highest BCUT2D eigenvalue weighted by Crippen LogP contribution is 2.24. The van der Waals surface area contributed by atoms with Crippen molar-refractivity contribution in [3.63, 3.8) is 0 Å². The van der Waals surface area contributed by atoms with Gasteiger partial charge in [0.2, 0.25) is 17.7 Å². The molecule has 6 nitrogen and oxygen atoms in total. The van der Waals surface area contributed by atoms with Gasteiger partial charge in [-0.15, -0.1) is 0 Å². The third-order valence-electron chi connectivity index (χ3n) is 4.94. The molecule has 1 saturated carbocycles. The van der Waals surface area contributed by atoms with E-state index in [2.05, 4.69) is 10.6 Å². The maximum Gasteiger partial charge on any atom is 0.227 e. The molecule has 25 heavy (non-hydrogen) atoms. The lowest BCUT2D eigenvalue weighted by Gasteiger charge is -2.16. The summed E-state index contributed by atoms with van der Waals surface area (Å²) in [5.41, 5.74) is 0.818. The van der Waals surface area contributed by atoms with Crippen LogP contribution in [-0.2, 0) is 14.4 Å². The number of carbonyl (C=O) groups is 3. The quantitative estimate of drug-likeness (QED) is 0.824. The summed E-state index contributed by atoms with van der Waals surface area (Å²) in [6.07, 6.45) is 4.96. The highest BCUT2D eigenvalue weighted by Gasteiger charge is 2.34. The average Bonchev–Trinajstić information content (AvgIpc) is 3.25. The molecule has 2 aliphatic rings. The largest absolute Gasteiger partial charge is 0.355 e. The van der Waals surface area contributed by atoms with Crippen LogP contribution < -0.4 is 15.5 Å². The lowest BCUT2D eigenvalue weighted by atomic mass is 10.1. The monoisotopic (exact) mass is 343 g/mol. The molecule has 1 atom stereocenters. The lowest BCUT2D eigenvalue weighted by molar-refractivity contribution is -0.126. The molecule has 0 bridgehead atoms. The molecule has 0 aromatic heterocycles.